The second-order valence-electron chi connectivity index (χ2n) is 4.02. The van der Waals surface area contributed by atoms with Gasteiger partial charge in [-0.15, -0.1) is 0 Å². The normalized spacial score (nSPS) is 10.8. The molecule has 0 spiro atoms. The molecule has 0 amide bonds. The maximum absolute atomic E-state index is 4.40. The molecule has 0 aliphatic carbocycles. The van der Waals surface area contributed by atoms with Crippen LogP contribution in [0.1, 0.15) is 11.4 Å². The minimum absolute atomic E-state index is 0.720. The molecule has 3 aromatic rings. The van der Waals surface area contributed by atoms with Crippen molar-refractivity contribution < 1.29 is 0 Å². The molecule has 6 nitrogen and oxygen atoms in total. The van der Waals surface area contributed by atoms with Gasteiger partial charge in [-0.05, 0) is 26.0 Å². The maximum atomic E-state index is 4.40. The van der Waals surface area contributed by atoms with Gasteiger partial charge in [0.2, 0.25) is 0 Å². The lowest BCUT2D eigenvalue weighted by atomic mass is 10.4. The summed E-state index contributed by atoms with van der Waals surface area (Å²) in [6.07, 6.45) is 5.07. The topological polar surface area (TPSA) is 61.4 Å². The van der Waals surface area contributed by atoms with E-state index in [2.05, 4.69) is 20.2 Å². The Kier molecular flexibility index (Phi) is 2.40. The molecule has 0 N–H and O–H groups in total. The minimum atomic E-state index is 0.720. The third kappa shape index (κ3) is 1.77. The Bertz CT molecular complexity index is 668. The zero-order valence-corrected chi connectivity index (χ0v) is 10.1. The van der Waals surface area contributed by atoms with Crippen LogP contribution in [0.4, 0.5) is 0 Å². The number of hydrogen-bond acceptors (Lipinski definition) is 4. The van der Waals surface area contributed by atoms with Crippen LogP contribution in [0.3, 0.4) is 0 Å². The molecule has 0 bridgehead atoms. The Morgan fingerprint density at radius 1 is 1.06 bits per heavy atom. The molecule has 0 atom stereocenters. The molecule has 3 heterocycles. The highest BCUT2D eigenvalue weighted by atomic mass is 15.3. The molecule has 0 aromatic carbocycles. The zero-order chi connectivity index (χ0) is 12.5. The Morgan fingerprint density at radius 2 is 1.89 bits per heavy atom. The molecule has 0 unspecified atom stereocenters. The third-order valence-electron chi connectivity index (χ3n) is 2.60. The van der Waals surface area contributed by atoms with E-state index < -0.39 is 0 Å². The molecule has 0 saturated heterocycles. The van der Waals surface area contributed by atoms with Gasteiger partial charge >= 0.3 is 0 Å². The predicted molar refractivity (Wildman–Crippen MR) is 65.8 cm³/mol. The number of nitrogens with zero attached hydrogens (tertiary/aromatic N) is 6. The standard InChI is InChI=1S/C12H12N6/c1-9-6-10(2)18(16-9)12-7-11(13-8-14-12)17-5-3-4-15-17/h3-8H,1-2H3. The van der Waals surface area contributed by atoms with Crippen molar-refractivity contribution in [2.24, 2.45) is 0 Å². The molecule has 3 aromatic heterocycles. The average Bonchev–Trinajstić information content (AvgIpc) is 2.99. The van der Waals surface area contributed by atoms with E-state index in [1.54, 1.807) is 15.6 Å². The van der Waals surface area contributed by atoms with Gasteiger partial charge in [-0.3, -0.25) is 0 Å². The first-order valence-corrected chi connectivity index (χ1v) is 5.60. The van der Waals surface area contributed by atoms with Crippen molar-refractivity contribution in [3.05, 3.63) is 48.3 Å². The first-order valence-electron chi connectivity index (χ1n) is 5.60. The van der Waals surface area contributed by atoms with E-state index in [-0.39, 0.29) is 0 Å². The van der Waals surface area contributed by atoms with Crippen molar-refractivity contribution in [3.8, 4) is 11.6 Å². The van der Waals surface area contributed by atoms with Crippen molar-refractivity contribution in [2.75, 3.05) is 0 Å². The van der Waals surface area contributed by atoms with Crippen LogP contribution < -0.4 is 0 Å². The number of rotatable bonds is 2. The van der Waals surface area contributed by atoms with Crippen LogP contribution in [0.25, 0.3) is 11.6 Å². The fraction of sp³-hybridized carbons (Fsp3) is 0.167. The predicted octanol–water partition coefficient (Wildman–Crippen LogP) is 1.46. The summed E-state index contributed by atoms with van der Waals surface area (Å²) in [6.45, 7) is 3.95. The molecule has 0 fully saturated rings. The van der Waals surface area contributed by atoms with Crippen molar-refractivity contribution in [2.45, 2.75) is 13.8 Å². The van der Waals surface area contributed by atoms with Crippen LogP contribution in [0.15, 0.2) is 36.9 Å². The molecule has 0 saturated carbocycles. The minimum Gasteiger partial charge on any atom is -0.222 e. The maximum Gasteiger partial charge on any atom is 0.159 e. The molecule has 18 heavy (non-hydrogen) atoms. The Hall–Kier alpha value is -2.50. The molecule has 90 valence electrons. The van der Waals surface area contributed by atoms with Crippen LogP contribution in [0.2, 0.25) is 0 Å². The van der Waals surface area contributed by atoms with Crippen LogP contribution in [0.5, 0.6) is 0 Å². The number of aromatic nitrogens is 6. The first kappa shape index (κ1) is 10.6. The van der Waals surface area contributed by atoms with E-state index in [0.717, 1.165) is 23.0 Å². The Balaban J connectivity index is 2.09. The van der Waals surface area contributed by atoms with Gasteiger partial charge in [-0.25, -0.2) is 19.3 Å². The summed E-state index contributed by atoms with van der Waals surface area (Å²) in [4.78, 5) is 8.43. The molecular formula is C12H12N6. The lowest BCUT2D eigenvalue weighted by Crippen LogP contribution is -2.05. The fourth-order valence-electron chi connectivity index (χ4n) is 1.84. The quantitative estimate of drug-likeness (QED) is 0.680. The van der Waals surface area contributed by atoms with Gasteiger partial charge in [0.05, 0.1) is 5.69 Å². The highest BCUT2D eigenvalue weighted by Gasteiger charge is 2.07. The van der Waals surface area contributed by atoms with E-state index >= 15 is 0 Å². The van der Waals surface area contributed by atoms with E-state index in [4.69, 9.17) is 0 Å². The second kappa shape index (κ2) is 4.06. The van der Waals surface area contributed by atoms with Gasteiger partial charge in [0, 0.05) is 24.2 Å². The van der Waals surface area contributed by atoms with E-state index in [0.29, 0.717) is 0 Å². The van der Waals surface area contributed by atoms with Gasteiger partial charge in [-0.2, -0.15) is 10.2 Å². The molecule has 0 radical (unpaired) electrons. The summed E-state index contributed by atoms with van der Waals surface area (Å²) >= 11 is 0. The zero-order valence-electron chi connectivity index (χ0n) is 10.1. The van der Waals surface area contributed by atoms with Crippen molar-refractivity contribution in [1.29, 1.82) is 0 Å². The highest BCUT2D eigenvalue weighted by molar-refractivity contribution is 5.32. The second-order valence-corrected chi connectivity index (χ2v) is 4.02. The number of hydrogen-bond donors (Lipinski definition) is 0. The summed E-state index contributed by atoms with van der Waals surface area (Å²) in [5.74, 6) is 1.46. The summed E-state index contributed by atoms with van der Waals surface area (Å²) in [7, 11) is 0. The monoisotopic (exact) mass is 240 g/mol. The molecule has 0 aliphatic heterocycles. The molecule has 0 aliphatic rings. The van der Waals surface area contributed by atoms with Gasteiger partial charge in [-0.1, -0.05) is 0 Å². The van der Waals surface area contributed by atoms with Crippen molar-refractivity contribution in [1.82, 2.24) is 29.5 Å². The SMILES string of the molecule is Cc1cc(C)n(-c2cc(-n3cccn3)ncn2)n1. The van der Waals surface area contributed by atoms with Crippen LogP contribution in [0, 0.1) is 13.8 Å². The van der Waals surface area contributed by atoms with E-state index in [1.807, 2.05) is 38.2 Å². The van der Waals surface area contributed by atoms with E-state index in [9.17, 15) is 0 Å². The summed E-state index contributed by atoms with van der Waals surface area (Å²) in [5.41, 5.74) is 2.00. The highest BCUT2D eigenvalue weighted by Crippen LogP contribution is 2.11. The van der Waals surface area contributed by atoms with Crippen LogP contribution in [-0.4, -0.2) is 29.5 Å². The largest absolute Gasteiger partial charge is 0.222 e. The van der Waals surface area contributed by atoms with Crippen LogP contribution in [-0.2, 0) is 0 Å². The lowest BCUT2D eigenvalue weighted by molar-refractivity contribution is 0.781. The molecule has 3 rings (SSSR count). The summed E-state index contributed by atoms with van der Waals surface area (Å²) in [5, 5.41) is 8.55. The average molecular weight is 240 g/mol. The lowest BCUT2D eigenvalue weighted by Gasteiger charge is -2.05. The Labute approximate surface area is 104 Å². The Morgan fingerprint density at radius 3 is 2.56 bits per heavy atom. The fourth-order valence-corrected chi connectivity index (χ4v) is 1.84. The summed E-state index contributed by atoms with van der Waals surface area (Å²) < 4.78 is 3.49. The van der Waals surface area contributed by atoms with Gasteiger partial charge in [0.25, 0.3) is 0 Å². The van der Waals surface area contributed by atoms with E-state index in [1.165, 1.54) is 6.33 Å². The first-order chi connectivity index (χ1) is 8.74. The third-order valence-corrected chi connectivity index (χ3v) is 2.60. The van der Waals surface area contributed by atoms with Gasteiger partial charge in [0.15, 0.2) is 11.6 Å². The van der Waals surface area contributed by atoms with Crippen LogP contribution >= 0.6 is 0 Å². The van der Waals surface area contributed by atoms with Crippen molar-refractivity contribution >= 4 is 0 Å². The van der Waals surface area contributed by atoms with Gasteiger partial charge < -0.3 is 0 Å². The van der Waals surface area contributed by atoms with Crippen molar-refractivity contribution in [3.63, 3.8) is 0 Å². The molecule has 6 heteroatoms. The van der Waals surface area contributed by atoms with Gasteiger partial charge in [0.1, 0.15) is 6.33 Å². The number of aryl methyl sites for hydroxylation is 2. The summed E-state index contributed by atoms with van der Waals surface area (Å²) in [6, 6.07) is 5.72. The molecular weight excluding hydrogens is 228 g/mol. The smallest absolute Gasteiger partial charge is 0.159 e.